The first kappa shape index (κ1) is 25.4. The summed E-state index contributed by atoms with van der Waals surface area (Å²) in [6.45, 7) is 1.75. The Morgan fingerprint density at radius 1 is 1.17 bits per heavy atom. The van der Waals surface area contributed by atoms with Crippen LogP contribution in [0.5, 0.6) is 0 Å². The normalized spacial score (nSPS) is 14.8. The minimum absolute atomic E-state index is 0.0140. The number of nitrogens with zero attached hydrogens (tertiary/aromatic N) is 6. The second-order valence-electron chi connectivity index (χ2n) is 8.55. The highest BCUT2D eigenvalue weighted by Crippen LogP contribution is 2.29. The Hall–Kier alpha value is -3.74. The van der Waals surface area contributed by atoms with E-state index in [-0.39, 0.29) is 30.2 Å². The second kappa shape index (κ2) is 10.5. The van der Waals surface area contributed by atoms with Gasteiger partial charge in [-0.15, -0.1) is 0 Å². The lowest BCUT2D eigenvalue weighted by Gasteiger charge is -2.36. The maximum absolute atomic E-state index is 12.7. The predicted molar refractivity (Wildman–Crippen MR) is 124 cm³/mol. The van der Waals surface area contributed by atoms with Crippen molar-refractivity contribution in [1.82, 2.24) is 24.4 Å². The third kappa shape index (κ3) is 5.73. The van der Waals surface area contributed by atoms with Crippen molar-refractivity contribution in [2.75, 3.05) is 38.3 Å². The van der Waals surface area contributed by atoms with E-state index in [1.165, 1.54) is 0 Å². The van der Waals surface area contributed by atoms with Gasteiger partial charge < -0.3 is 24.8 Å². The summed E-state index contributed by atoms with van der Waals surface area (Å²) in [5.41, 5.74) is 5.39. The molecule has 0 radical (unpaired) electrons. The summed E-state index contributed by atoms with van der Waals surface area (Å²) in [6, 6.07) is 3.48. The van der Waals surface area contributed by atoms with E-state index in [2.05, 4.69) is 15.0 Å². The number of carbonyl (C=O) groups is 2. The quantitative estimate of drug-likeness (QED) is 0.466. The molecule has 0 saturated carbocycles. The molecule has 36 heavy (non-hydrogen) atoms. The van der Waals surface area contributed by atoms with Crippen LogP contribution in [0.15, 0.2) is 36.9 Å². The molecule has 3 aromatic heterocycles. The van der Waals surface area contributed by atoms with Gasteiger partial charge in [-0.2, -0.15) is 13.2 Å². The molecule has 10 nitrogen and oxygen atoms in total. The van der Waals surface area contributed by atoms with Crippen molar-refractivity contribution in [3.8, 4) is 0 Å². The lowest BCUT2D eigenvalue weighted by atomic mass is 10.0. The number of anilines is 1. The number of rotatable bonds is 8. The first-order valence-corrected chi connectivity index (χ1v) is 11.4. The Kier molecular flexibility index (Phi) is 7.38. The Bertz CT molecular complexity index is 1220. The average Bonchev–Trinajstić information content (AvgIpc) is 3.28. The number of aromatic nitrogens is 4. The van der Waals surface area contributed by atoms with E-state index in [4.69, 9.17) is 10.5 Å². The van der Waals surface area contributed by atoms with Gasteiger partial charge >= 0.3 is 6.18 Å². The van der Waals surface area contributed by atoms with Crippen LogP contribution < -0.4 is 10.6 Å². The number of amides is 2. The number of alkyl halides is 3. The molecule has 1 fully saturated rings. The van der Waals surface area contributed by atoms with Gasteiger partial charge in [0, 0.05) is 62.9 Å². The Morgan fingerprint density at radius 2 is 1.86 bits per heavy atom. The zero-order valence-corrected chi connectivity index (χ0v) is 19.6. The maximum atomic E-state index is 12.7. The lowest BCUT2D eigenvalue weighted by molar-refractivity contribution is -0.138. The van der Waals surface area contributed by atoms with Crippen LogP contribution in [0.3, 0.4) is 0 Å². The molecular formula is C23H26F3N7O3. The largest absolute Gasteiger partial charge is 0.419 e. The van der Waals surface area contributed by atoms with Crippen LogP contribution in [0.4, 0.5) is 19.1 Å². The molecule has 0 aliphatic carbocycles. The molecule has 4 rings (SSSR count). The number of ether oxygens (including phenoxy) is 1. The number of primary amides is 1. The summed E-state index contributed by atoms with van der Waals surface area (Å²) in [5, 5.41) is 0.865. The molecule has 1 aliphatic heterocycles. The summed E-state index contributed by atoms with van der Waals surface area (Å²) in [5.74, 6) is -0.515. The molecule has 1 aliphatic rings. The second-order valence-corrected chi connectivity index (χ2v) is 8.55. The predicted octanol–water partition coefficient (Wildman–Crippen LogP) is 2.09. The highest BCUT2D eigenvalue weighted by atomic mass is 19.4. The van der Waals surface area contributed by atoms with Crippen molar-refractivity contribution in [1.29, 1.82) is 0 Å². The molecule has 2 N–H and O–H groups in total. The Labute approximate surface area is 204 Å². The van der Waals surface area contributed by atoms with Crippen molar-refractivity contribution in [3.63, 3.8) is 0 Å². The van der Waals surface area contributed by atoms with E-state index in [0.29, 0.717) is 39.1 Å². The number of carbonyl (C=O) groups excluding carboxylic acids is 2. The summed E-state index contributed by atoms with van der Waals surface area (Å²) in [4.78, 5) is 39.2. The molecule has 0 spiro atoms. The van der Waals surface area contributed by atoms with Crippen LogP contribution in [0.25, 0.3) is 10.9 Å². The standard InChI is InChI=1S/C23H26F3N7O3/c1-31(17-3-6-33(7-4-17)22-29-12-16(13-30-22)23(24,25)26)20(34)14-36-9-8-32-5-2-15-11-28-18(21(27)35)10-19(15)32/h2,5,10-13,17H,3-4,6-9,14H2,1H3,(H2,27,35). The van der Waals surface area contributed by atoms with Gasteiger partial charge in [0.25, 0.3) is 5.91 Å². The SMILES string of the molecule is CN(C(=O)COCCn1ccc2cnc(C(N)=O)cc21)C1CCN(c2ncc(C(F)(F)F)cn2)CC1. The van der Waals surface area contributed by atoms with E-state index >= 15 is 0 Å². The molecule has 0 bridgehead atoms. The lowest BCUT2D eigenvalue weighted by Crippen LogP contribution is -2.47. The van der Waals surface area contributed by atoms with E-state index in [1.54, 1.807) is 24.2 Å². The molecule has 0 unspecified atom stereocenters. The van der Waals surface area contributed by atoms with Crippen molar-refractivity contribution in [2.24, 2.45) is 5.73 Å². The third-order valence-corrected chi connectivity index (χ3v) is 6.26. The zero-order valence-electron chi connectivity index (χ0n) is 19.6. The molecule has 4 heterocycles. The van der Waals surface area contributed by atoms with Crippen molar-refractivity contribution >= 4 is 28.7 Å². The number of hydrogen-bond acceptors (Lipinski definition) is 7. The van der Waals surface area contributed by atoms with Crippen LogP contribution in [-0.2, 0) is 22.3 Å². The van der Waals surface area contributed by atoms with Gasteiger partial charge in [-0.1, -0.05) is 0 Å². The number of piperidine rings is 1. The van der Waals surface area contributed by atoms with E-state index in [1.807, 2.05) is 21.7 Å². The van der Waals surface area contributed by atoms with Gasteiger partial charge in [-0.3, -0.25) is 14.6 Å². The summed E-state index contributed by atoms with van der Waals surface area (Å²) in [7, 11) is 1.72. The van der Waals surface area contributed by atoms with Crippen LogP contribution in [0.1, 0.15) is 28.9 Å². The van der Waals surface area contributed by atoms with Gasteiger partial charge in [-0.05, 0) is 25.0 Å². The highest BCUT2D eigenvalue weighted by Gasteiger charge is 2.32. The minimum Gasteiger partial charge on any atom is -0.370 e. The summed E-state index contributed by atoms with van der Waals surface area (Å²) in [6.07, 6.45) is 1.80. The molecule has 3 aromatic rings. The molecule has 192 valence electrons. The van der Waals surface area contributed by atoms with Gasteiger partial charge in [0.15, 0.2) is 0 Å². The van der Waals surface area contributed by atoms with Crippen molar-refractivity contribution < 1.29 is 27.5 Å². The maximum Gasteiger partial charge on any atom is 0.419 e. The van der Waals surface area contributed by atoms with E-state index < -0.39 is 17.6 Å². The van der Waals surface area contributed by atoms with E-state index in [9.17, 15) is 22.8 Å². The third-order valence-electron chi connectivity index (χ3n) is 6.26. The molecule has 0 atom stereocenters. The smallest absolute Gasteiger partial charge is 0.370 e. The topological polar surface area (TPSA) is 119 Å². The molecule has 13 heteroatoms. The highest BCUT2D eigenvalue weighted by molar-refractivity contribution is 5.94. The number of likely N-dealkylation sites (N-methyl/N-ethyl adjacent to an activating group) is 1. The summed E-state index contributed by atoms with van der Waals surface area (Å²) >= 11 is 0. The van der Waals surface area contributed by atoms with Crippen molar-refractivity contribution in [2.45, 2.75) is 31.6 Å². The molecule has 1 saturated heterocycles. The van der Waals surface area contributed by atoms with Gasteiger partial charge in [0.05, 0.1) is 17.7 Å². The van der Waals surface area contributed by atoms with Gasteiger partial charge in [0.1, 0.15) is 12.3 Å². The molecule has 0 aromatic carbocycles. The average molecular weight is 506 g/mol. The number of fused-ring (bicyclic) bond motifs is 1. The van der Waals surface area contributed by atoms with E-state index in [0.717, 1.165) is 23.3 Å². The minimum atomic E-state index is -4.47. The van der Waals surface area contributed by atoms with Gasteiger partial charge in [0.2, 0.25) is 11.9 Å². The fourth-order valence-corrected chi connectivity index (χ4v) is 4.12. The Balaban J connectivity index is 1.22. The first-order valence-electron chi connectivity index (χ1n) is 11.4. The number of hydrogen-bond donors (Lipinski definition) is 1. The molecular weight excluding hydrogens is 479 g/mol. The molecule has 2 amide bonds. The monoisotopic (exact) mass is 505 g/mol. The van der Waals surface area contributed by atoms with Gasteiger partial charge in [-0.25, -0.2) is 9.97 Å². The fourth-order valence-electron chi connectivity index (χ4n) is 4.12. The van der Waals surface area contributed by atoms with Crippen LogP contribution in [-0.4, -0.2) is 75.6 Å². The first-order chi connectivity index (χ1) is 17.1. The summed E-state index contributed by atoms with van der Waals surface area (Å²) < 4.78 is 45.6. The number of pyridine rings is 1. The van der Waals surface area contributed by atoms with Crippen LogP contribution >= 0.6 is 0 Å². The van der Waals surface area contributed by atoms with Crippen LogP contribution in [0, 0.1) is 0 Å². The number of halogens is 3. The van der Waals surface area contributed by atoms with Crippen LogP contribution in [0.2, 0.25) is 0 Å². The zero-order chi connectivity index (χ0) is 25.9. The number of nitrogens with two attached hydrogens (primary N) is 1. The Morgan fingerprint density at radius 3 is 2.50 bits per heavy atom. The van der Waals surface area contributed by atoms with Crippen molar-refractivity contribution in [3.05, 3.63) is 48.2 Å². The fraction of sp³-hybridized carbons (Fsp3) is 0.435.